The maximum atomic E-state index is 12.5. The Morgan fingerprint density at radius 1 is 1.42 bits per heavy atom. The fraction of sp³-hybridized carbons (Fsp3) is 0.857. The third-order valence-electron chi connectivity index (χ3n) is 4.10. The highest BCUT2D eigenvalue weighted by Crippen LogP contribution is 2.21. The molecule has 0 aromatic carbocycles. The summed E-state index contributed by atoms with van der Waals surface area (Å²) in [7, 11) is 0. The summed E-state index contributed by atoms with van der Waals surface area (Å²) in [5, 5.41) is 12.2. The Morgan fingerprint density at radius 3 is 2.63 bits per heavy atom. The Morgan fingerprint density at radius 2 is 2.11 bits per heavy atom. The monoisotopic (exact) mass is 270 g/mol. The van der Waals surface area contributed by atoms with Crippen LogP contribution in [0.25, 0.3) is 0 Å². The summed E-state index contributed by atoms with van der Waals surface area (Å²) >= 11 is 0. The molecule has 1 aliphatic heterocycles. The lowest BCUT2D eigenvalue weighted by molar-refractivity contribution is -0.147. The van der Waals surface area contributed by atoms with Crippen LogP contribution in [0.5, 0.6) is 0 Å². The maximum Gasteiger partial charge on any atom is 0.323 e. The molecule has 0 radical (unpaired) electrons. The Bertz CT molecular complexity index is 320. The highest BCUT2D eigenvalue weighted by molar-refractivity contribution is 5.85. The number of amides is 1. The second-order valence-corrected chi connectivity index (χ2v) is 5.42. The SMILES string of the molecule is CCC1CCNC(C(=O)N(CC(=O)O)C(C)CC)C1. The van der Waals surface area contributed by atoms with Crippen LogP contribution in [0.15, 0.2) is 0 Å². The molecule has 0 bridgehead atoms. The van der Waals surface area contributed by atoms with E-state index < -0.39 is 5.97 Å². The second-order valence-electron chi connectivity index (χ2n) is 5.42. The maximum absolute atomic E-state index is 12.5. The minimum Gasteiger partial charge on any atom is -0.480 e. The van der Waals surface area contributed by atoms with Gasteiger partial charge in [-0.3, -0.25) is 9.59 Å². The van der Waals surface area contributed by atoms with Gasteiger partial charge in [0.25, 0.3) is 0 Å². The summed E-state index contributed by atoms with van der Waals surface area (Å²) in [4.78, 5) is 24.9. The Balaban J connectivity index is 2.71. The number of carboxylic acid groups (broad SMARTS) is 1. The number of nitrogens with zero attached hydrogens (tertiary/aromatic N) is 1. The molecule has 0 aromatic rings. The van der Waals surface area contributed by atoms with E-state index in [0.717, 1.165) is 32.2 Å². The Labute approximate surface area is 115 Å². The fourth-order valence-electron chi connectivity index (χ4n) is 2.57. The third kappa shape index (κ3) is 4.49. The van der Waals surface area contributed by atoms with Crippen molar-refractivity contribution in [2.45, 2.75) is 58.5 Å². The van der Waals surface area contributed by atoms with Gasteiger partial charge in [-0.2, -0.15) is 0 Å². The van der Waals surface area contributed by atoms with Crippen molar-refractivity contribution in [3.05, 3.63) is 0 Å². The minimum absolute atomic E-state index is 0.0348. The van der Waals surface area contributed by atoms with Crippen molar-refractivity contribution in [1.82, 2.24) is 10.2 Å². The molecule has 5 heteroatoms. The lowest BCUT2D eigenvalue weighted by atomic mass is 9.89. The first-order valence-corrected chi connectivity index (χ1v) is 7.25. The number of hydrogen-bond acceptors (Lipinski definition) is 3. The molecular weight excluding hydrogens is 244 g/mol. The molecule has 1 fully saturated rings. The van der Waals surface area contributed by atoms with Gasteiger partial charge in [-0.05, 0) is 38.6 Å². The van der Waals surface area contributed by atoms with Crippen molar-refractivity contribution in [2.75, 3.05) is 13.1 Å². The van der Waals surface area contributed by atoms with Gasteiger partial charge in [-0.1, -0.05) is 20.3 Å². The molecule has 19 heavy (non-hydrogen) atoms. The van der Waals surface area contributed by atoms with Crippen LogP contribution in [0.4, 0.5) is 0 Å². The average molecular weight is 270 g/mol. The summed E-state index contributed by atoms with van der Waals surface area (Å²) in [5.41, 5.74) is 0. The summed E-state index contributed by atoms with van der Waals surface area (Å²) in [5.74, 6) is -0.440. The van der Waals surface area contributed by atoms with Gasteiger partial charge in [-0.15, -0.1) is 0 Å². The summed E-state index contributed by atoms with van der Waals surface area (Å²) in [6.45, 7) is 6.65. The predicted octanol–water partition coefficient (Wildman–Crippen LogP) is 1.48. The van der Waals surface area contributed by atoms with Gasteiger partial charge in [0.15, 0.2) is 0 Å². The van der Waals surface area contributed by atoms with Crippen molar-refractivity contribution in [3.63, 3.8) is 0 Å². The molecular formula is C14H26N2O3. The van der Waals surface area contributed by atoms with Crippen molar-refractivity contribution in [2.24, 2.45) is 5.92 Å². The highest BCUT2D eigenvalue weighted by atomic mass is 16.4. The predicted molar refractivity (Wildman–Crippen MR) is 73.9 cm³/mol. The van der Waals surface area contributed by atoms with Crippen molar-refractivity contribution in [1.29, 1.82) is 0 Å². The average Bonchev–Trinajstić information content (AvgIpc) is 2.43. The van der Waals surface area contributed by atoms with Crippen LogP contribution in [0.3, 0.4) is 0 Å². The quantitative estimate of drug-likeness (QED) is 0.767. The molecule has 1 rings (SSSR count). The van der Waals surface area contributed by atoms with Crippen LogP contribution in [0, 0.1) is 5.92 Å². The van der Waals surface area contributed by atoms with Crippen molar-refractivity contribution < 1.29 is 14.7 Å². The van der Waals surface area contributed by atoms with E-state index in [-0.39, 0.29) is 24.5 Å². The zero-order chi connectivity index (χ0) is 14.4. The number of nitrogens with one attached hydrogen (secondary N) is 1. The third-order valence-corrected chi connectivity index (χ3v) is 4.10. The van der Waals surface area contributed by atoms with Crippen LogP contribution < -0.4 is 5.32 Å². The number of carbonyl (C=O) groups excluding carboxylic acids is 1. The summed E-state index contributed by atoms with van der Waals surface area (Å²) in [6, 6.07) is -0.251. The smallest absolute Gasteiger partial charge is 0.323 e. The number of rotatable bonds is 6. The second kappa shape index (κ2) is 7.48. The van der Waals surface area contributed by atoms with Gasteiger partial charge in [0, 0.05) is 6.04 Å². The topological polar surface area (TPSA) is 69.6 Å². The number of aliphatic carboxylic acids is 1. The van der Waals surface area contributed by atoms with E-state index in [4.69, 9.17) is 5.11 Å². The Kier molecular flexibility index (Phi) is 6.28. The number of hydrogen-bond donors (Lipinski definition) is 2. The first-order chi connectivity index (χ1) is 8.99. The largest absolute Gasteiger partial charge is 0.480 e. The minimum atomic E-state index is -0.948. The first-order valence-electron chi connectivity index (χ1n) is 7.25. The molecule has 1 amide bonds. The van der Waals surface area contributed by atoms with E-state index in [9.17, 15) is 9.59 Å². The normalized spacial score (nSPS) is 24.8. The molecule has 1 saturated heterocycles. The van der Waals surface area contributed by atoms with E-state index in [0.29, 0.717) is 5.92 Å². The van der Waals surface area contributed by atoms with Gasteiger partial charge in [0.1, 0.15) is 6.54 Å². The molecule has 0 aliphatic carbocycles. The molecule has 0 spiro atoms. The number of carboxylic acids is 1. The molecule has 1 heterocycles. The van der Waals surface area contributed by atoms with Crippen LogP contribution in [-0.4, -0.2) is 47.1 Å². The summed E-state index contributed by atoms with van der Waals surface area (Å²) < 4.78 is 0. The molecule has 3 unspecified atom stereocenters. The molecule has 2 N–H and O–H groups in total. The van der Waals surface area contributed by atoms with Crippen molar-refractivity contribution in [3.8, 4) is 0 Å². The first kappa shape index (κ1) is 16.0. The van der Waals surface area contributed by atoms with Gasteiger partial charge < -0.3 is 15.3 Å². The lowest BCUT2D eigenvalue weighted by Crippen LogP contribution is -2.53. The summed E-state index contributed by atoms with van der Waals surface area (Å²) in [6.07, 6.45) is 3.76. The zero-order valence-electron chi connectivity index (χ0n) is 12.2. The molecule has 0 saturated carbocycles. The Hall–Kier alpha value is -1.10. The molecule has 0 aromatic heterocycles. The van der Waals surface area contributed by atoms with Crippen LogP contribution >= 0.6 is 0 Å². The molecule has 3 atom stereocenters. The number of piperidine rings is 1. The van der Waals surface area contributed by atoms with E-state index in [2.05, 4.69) is 12.2 Å². The lowest BCUT2D eigenvalue weighted by Gasteiger charge is -2.35. The van der Waals surface area contributed by atoms with Gasteiger partial charge in [-0.25, -0.2) is 0 Å². The number of carbonyl (C=O) groups is 2. The molecule has 5 nitrogen and oxygen atoms in total. The highest BCUT2D eigenvalue weighted by Gasteiger charge is 2.31. The standard InChI is InChI=1S/C14H26N2O3/c1-4-10(3)16(9-13(17)18)14(19)12-8-11(5-2)6-7-15-12/h10-12,15H,4-9H2,1-3H3,(H,17,18). The van der Waals surface area contributed by atoms with E-state index >= 15 is 0 Å². The van der Waals surface area contributed by atoms with Gasteiger partial charge in [0.05, 0.1) is 6.04 Å². The van der Waals surface area contributed by atoms with E-state index in [1.807, 2.05) is 13.8 Å². The van der Waals surface area contributed by atoms with Gasteiger partial charge >= 0.3 is 5.97 Å². The molecule has 1 aliphatic rings. The van der Waals surface area contributed by atoms with E-state index in [1.165, 1.54) is 4.90 Å². The van der Waals surface area contributed by atoms with Gasteiger partial charge in [0.2, 0.25) is 5.91 Å². The zero-order valence-corrected chi connectivity index (χ0v) is 12.2. The van der Waals surface area contributed by atoms with Crippen LogP contribution in [0.2, 0.25) is 0 Å². The van der Waals surface area contributed by atoms with Crippen LogP contribution in [0.1, 0.15) is 46.5 Å². The van der Waals surface area contributed by atoms with Crippen molar-refractivity contribution >= 4 is 11.9 Å². The fourth-order valence-corrected chi connectivity index (χ4v) is 2.57. The molecule has 110 valence electrons. The van der Waals surface area contributed by atoms with Crippen LogP contribution in [-0.2, 0) is 9.59 Å². The van der Waals surface area contributed by atoms with E-state index in [1.54, 1.807) is 0 Å².